The minimum absolute atomic E-state index is 0.178. The molecule has 10 heavy (non-hydrogen) atoms. The molecule has 1 rings (SSSR count). The van der Waals surface area contributed by atoms with Crippen molar-refractivity contribution in [2.24, 2.45) is 5.92 Å². The van der Waals surface area contributed by atoms with Crippen molar-refractivity contribution in [2.45, 2.75) is 25.7 Å². The Morgan fingerprint density at radius 3 is 2.40 bits per heavy atom. The number of rotatable bonds is 1. The third-order valence-electron chi connectivity index (χ3n) is 2.01. The topological polar surface area (TPSA) is 37.3 Å². The van der Waals surface area contributed by atoms with Crippen LogP contribution in [0.3, 0.4) is 0 Å². The van der Waals surface area contributed by atoms with Gasteiger partial charge in [0, 0.05) is 18.8 Å². The monoisotopic (exact) mass is 140 g/mol. The molecule has 1 aliphatic rings. The van der Waals surface area contributed by atoms with E-state index < -0.39 is 0 Å². The lowest BCUT2D eigenvalue weighted by atomic mass is 9.87. The van der Waals surface area contributed by atoms with Crippen LogP contribution in [0.4, 0.5) is 0 Å². The number of ketones is 1. The summed E-state index contributed by atoms with van der Waals surface area (Å²) in [6, 6.07) is 0. The molecule has 0 saturated heterocycles. The van der Waals surface area contributed by atoms with Gasteiger partial charge in [0.2, 0.25) is 0 Å². The molecule has 0 radical (unpaired) electrons. The lowest BCUT2D eigenvalue weighted by Crippen LogP contribution is -2.14. The zero-order valence-corrected chi connectivity index (χ0v) is 5.97. The van der Waals surface area contributed by atoms with Crippen molar-refractivity contribution in [1.82, 2.24) is 0 Å². The lowest BCUT2D eigenvalue weighted by molar-refractivity contribution is -0.120. The number of carbonyl (C=O) groups excluding carboxylic acids is 1. The molecule has 56 valence electrons. The first-order valence-electron chi connectivity index (χ1n) is 3.59. The molecular formula is C8H12O2. The van der Waals surface area contributed by atoms with Gasteiger partial charge < -0.3 is 5.11 Å². The number of Topliss-reactive ketones (excluding diaryl/α,β-unsaturated/α-hetero) is 1. The maximum absolute atomic E-state index is 10.7. The van der Waals surface area contributed by atoms with Gasteiger partial charge in [0.05, 0.1) is 5.76 Å². The van der Waals surface area contributed by atoms with E-state index in [4.69, 9.17) is 5.11 Å². The Hall–Kier alpha value is -0.790. The molecule has 0 aromatic carbocycles. The van der Waals surface area contributed by atoms with Gasteiger partial charge in [-0.15, -0.1) is 0 Å². The molecule has 1 fully saturated rings. The van der Waals surface area contributed by atoms with E-state index in [1.54, 1.807) is 0 Å². The SMILES string of the molecule is C=C(O)C1CCC(=O)CC1. The maximum atomic E-state index is 10.7. The second kappa shape index (κ2) is 2.86. The largest absolute Gasteiger partial charge is 0.513 e. The zero-order valence-electron chi connectivity index (χ0n) is 5.97. The van der Waals surface area contributed by atoms with Crippen LogP contribution < -0.4 is 0 Å². The van der Waals surface area contributed by atoms with Crippen LogP contribution in [0.1, 0.15) is 25.7 Å². The van der Waals surface area contributed by atoms with Crippen molar-refractivity contribution in [3.05, 3.63) is 12.3 Å². The molecule has 2 heteroatoms. The lowest BCUT2D eigenvalue weighted by Gasteiger charge is -2.18. The Balaban J connectivity index is 2.40. The van der Waals surface area contributed by atoms with E-state index >= 15 is 0 Å². The summed E-state index contributed by atoms with van der Waals surface area (Å²) in [6.07, 6.45) is 2.80. The first-order valence-corrected chi connectivity index (χ1v) is 3.59. The number of aliphatic hydroxyl groups is 1. The Kier molecular flexibility index (Phi) is 2.10. The van der Waals surface area contributed by atoms with Crippen LogP contribution in [-0.2, 0) is 4.79 Å². The predicted octanol–water partition coefficient (Wildman–Crippen LogP) is 1.82. The highest BCUT2D eigenvalue weighted by molar-refractivity contribution is 5.79. The average molecular weight is 140 g/mol. The molecule has 0 atom stereocenters. The highest BCUT2D eigenvalue weighted by Gasteiger charge is 2.20. The number of allylic oxidation sites excluding steroid dienone is 1. The first kappa shape index (κ1) is 7.32. The van der Waals surface area contributed by atoms with E-state index in [0.29, 0.717) is 18.6 Å². The molecule has 0 unspecified atom stereocenters. The molecule has 1 aliphatic carbocycles. The molecule has 0 bridgehead atoms. The van der Waals surface area contributed by atoms with Gasteiger partial charge in [0.1, 0.15) is 5.78 Å². The summed E-state index contributed by atoms with van der Waals surface area (Å²) in [5.41, 5.74) is 0. The van der Waals surface area contributed by atoms with Crippen LogP contribution in [0.2, 0.25) is 0 Å². The van der Waals surface area contributed by atoms with E-state index in [2.05, 4.69) is 6.58 Å². The summed E-state index contributed by atoms with van der Waals surface area (Å²) in [7, 11) is 0. The normalized spacial score (nSPS) is 21.0. The molecular weight excluding hydrogens is 128 g/mol. The highest BCUT2D eigenvalue weighted by Crippen LogP contribution is 2.25. The molecule has 0 aromatic rings. The summed E-state index contributed by atoms with van der Waals surface area (Å²) in [6.45, 7) is 3.45. The maximum Gasteiger partial charge on any atom is 0.132 e. The Bertz CT molecular complexity index is 151. The van der Waals surface area contributed by atoms with E-state index in [9.17, 15) is 4.79 Å². The number of hydrogen-bond donors (Lipinski definition) is 1. The van der Waals surface area contributed by atoms with Gasteiger partial charge in [0.25, 0.3) is 0 Å². The molecule has 1 N–H and O–H groups in total. The molecule has 0 aromatic heterocycles. The zero-order chi connectivity index (χ0) is 7.56. The molecule has 2 nitrogen and oxygen atoms in total. The van der Waals surface area contributed by atoms with E-state index in [-0.39, 0.29) is 11.7 Å². The number of hydrogen-bond acceptors (Lipinski definition) is 2. The van der Waals surface area contributed by atoms with Gasteiger partial charge in [-0.3, -0.25) is 4.79 Å². The first-order chi connectivity index (χ1) is 4.70. The average Bonchev–Trinajstić information content (AvgIpc) is 1.88. The molecule has 0 heterocycles. The number of aliphatic hydroxyl groups excluding tert-OH is 1. The van der Waals surface area contributed by atoms with Gasteiger partial charge in [-0.25, -0.2) is 0 Å². The standard InChI is InChI=1S/C8H12O2/c1-6(9)7-2-4-8(10)5-3-7/h7,9H,1-5H2. The van der Waals surface area contributed by atoms with Crippen LogP contribution in [-0.4, -0.2) is 10.9 Å². The fourth-order valence-electron chi connectivity index (χ4n) is 1.27. The van der Waals surface area contributed by atoms with E-state index in [1.165, 1.54) is 0 Å². The van der Waals surface area contributed by atoms with Gasteiger partial charge in [-0.05, 0) is 12.8 Å². The minimum Gasteiger partial charge on any atom is -0.513 e. The highest BCUT2D eigenvalue weighted by atomic mass is 16.3. The van der Waals surface area contributed by atoms with Crippen molar-refractivity contribution < 1.29 is 9.90 Å². The summed E-state index contributed by atoms with van der Waals surface area (Å²) in [4.78, 5) is 10.7. The van der Waals surface area contributed by atoms with E-state index in [0.717, 1.165) is 12.8 Å². The minimum atomic E-state index is 0.178. The smallest absolute Gasteiger partial charge is 0.132 e. The van der Waals surface area contributed by atoms with Gasteiger partial charge in [-0.2, -0.15) is 0 Å². The fraction of sp³-hybridized carbons (Fsp3) is 0.625. The summed E-state index contributed by atoms with van der Waals surface area (Å²) in [5, 5.41) is 8.96. The van der Waals surface area contributed by atoms with Crippen molar-refractivity contribution >= 4 is 5.78 Å². The Labute approximate surface area is 60.6 Å². The second-order valence-corrected chi connectivity index (χ2v) is 2.80. The third-order valence-corrected chi connectivity index (χ3v) is 2.01. The quantitative estimate of drug-likeness (QED) is 0.564. The predicted molar refractivity (Wildman–Crippen MR) is 38.7 cm³/mol. The van der Waals surface area contributed by atoms with Crippen LogP contribution in [0, 0.1) is 5.92 Å². The third kappa shape index (κ3) is 1.59. The van der Waals surface area contributed by atoms with Gasteiger partial charge in [0.15, 0.2) is 0 Å². The fourth-order valence-corrected chi connectivity index (χ4v) is 1.27. The van der Waals surface area contributed by atoms with E-state index in [1.807, 2.05) is 0 Å². The van der Waals surface area contributed by atoms with Crippen LogP contribution in [0.15, 0.2) is 12.3 Å². The molecule has 1 saturated carbocycles. The molecule has 0 spiro atoms. The summed E-state index contributed by atoms with van der Waals surface area (Å²) < 4.78 is 0. The van der Waals surface area contributed by atoms with Crippen LogP contribution in [0.5, 0.6) is 0 Å². The van der Waals surface area contributed by atoms with Gasteiger partial charge in [-0.1, -0.05) is 6.58 Å². The Morgan fingerprint density at radius 2 is 2.00 bits per heavy atom. The molecule has 0 aliphatic heterocycles. The van der Waals surface area contributed by atoms with Crippen molar-refractivity contribution in [3.8, 4) is 0 Å². The van der Waals surface area contributed by atoms with Crippen molar-refractivity contribution in [2.75, 3.05) is 0 Å². The Morgan fingerprint density at radius 1 is 1.50 bits per heavy atom. The van der Waals surface area contributed by atoms with Crippen molar-refractivity contribution in [1.29, 1.82) is 0 Å². The van der Waals surface area contributed by atoms with Crippen LogP contribution >= 0.6 is 0 Å². The summed E-state index contributed by atoms with van der Waals surface area (Å²) in [5.74, 6) is 0.739. The summed E-state index contributed by atoms with van der Waals surface area (Å²) >= 11 is 0. The second-order valence-electron chi connectivity index (χ2n) is 2.80. The van der Waals surface area contributed by atoms with Crippen LogP contribution in [0.25, 0.3) is 0 Å². The molecule has 0 amide bonds. The van der Waals surface area contributed by atoms with Gasteiger partial charge >= 0.3 is 0 Å². The van der Waals surface area contributed by atoms with Crippen molar-refractivity contribution in [3.63, 3.8) is 0 Å². The number of carbonyl (C=O) groups is 1.